The van der Waals surface area contributed by atoms with Gasteiger partial charge in [0, 0.05) is 20.1 Å². The molecular weight excluding hydrogens is 118 g/mol. The maximum absolute atomic E-state index is 9.15. The molecule has 1 fully saturated rings. The molecule has 0 aromatic rings. The van der Waals surface area contributed by atoms with Crippen LogP contribution in [-0.2, 0) is 4.74 Å². The molecule has 54 valence electrons. The number of likely N-dealkylation sites (N-methyl/N-ethyl adjacent to an activating group) is 1. The van der Waals surface area contributed by atoms with Crippen LogP contribution in [0, 0.1) is 0 Å². The van der Waals surface area contributed by atoms with Crippen molar-refractivity contribution >= 4 is 0 Å². The Morgan fingerprint density at radius 1 is 1.67 bits per heavy atom. The molecule has 0 radical (unpaired) electrons. The highest BCUT2D eigenvalue weighted by atomic mass is 16.5. The normalized spacial score (nSPS) is 37.7. The number of nitrogens with zero attached hydrogens (tertiary/aromatic N) is 1. The molecule has 3 heteroatoms. The van der Waals surface area contributed by atoms with Crippen molar-refractivity contribution in [3.8, 4) is 0 Å². The van der Waals surface area contributed by atoms with Crippen molar-refractivity contribution in [3.05, 3.63) is 0 Å². The fourth-order valence-electron chi connectivity index (χ4n) is 1.10. The number of ether oxygens (including phenoxy) is 1. The van der Waals surface area contributed by atoms with Crippen LogP contribution in [0.25, 0.3) is 0 Å². The number of likely N-dealkylation sites (tertiary alicyclic amines) is 1. The zero-order valence-electron chi connectivity index (χ0n) is 5.87. The Kier molecular flexibility index (Phi) is 2.05. The van der Waals surface area contributed by atoms with Crippen molar-refractivity contribution in [2.24, 2.45) is 0 Å². The predicted octanol–water partition coefficient (Wildman–Crippen LogP) is -0.345. The SMILES string of the molecule is COC1CC(O)N(C)C1. The second kappa shape index (κ2) is 2.64. The molecule has 2 unspecified atom stereocenters. The van der Waals surface area contributed by atoms with Crippen molar-refractivity contribution in [1.82, 2.24) is 4.90 Å². The quantitative estimate of drug-likeness (QED) is 0.528. The second-order valence-corrected chi connectivity index (χ2v) is 2.51. The monoisotopic (exact) mass is 131 g/mol. The summed E-state index contributed by atoms with van der Waals surface area (Å²) in [5.41, 5.74) is 0. The van der Waals surface area contributed by atoms with Crippen LogP contribution in [0.4, 0.5) is 0 Å². The minimum atomic E-state index is -0.296. The van der Waals surface area contributed by atoms with E-state index in [-0.39, 0.29) is 12.3 Å². The molecule has 1 aliphatic rings. The summed E-state index contributed by atoms with van der Waals surface area (Å²) in [6.45, 7) is 0.845. The maximum atomic E-state index is 9.15. The number of rotatable bonds is 1. The Hall–Kier alpha value is -0.120. The lowest BCUT2D eigenvalue weighted by atomic mass is 10.3. The third-order valence-electron chi connectivity index (χ3n) is 1.81. The first-order valence-corrected chi connectivity index (χ1v) is 3.15. The molecule has 3 nitrogen and oxygen atoms in total. The van der Waals surface area contributed by atoms with Gasteiger partial charge in [0.05, 0.1) is 6.10 Å². The average molecular weight is 131 g/mol. The summed E-state index contributed by atoms with van der Waals surface area (Å²) in [7, 11) is 3.57. The lowest BCUT2D eigenvalue weighted by molar-refractivity contribution is 0.0551. The van der Waals surface area contributed by atoms with E-state index in [0.29, 0.717) is 0 Å². The Morgan fingerprint density at radius 2 is 2.33 bits per heavy atom. The molecule has 1 rings (SSSR count). The van der Waals surface area contributed by atoms with Crippen molar-refractivity contribution in [3.63, 3.8) is 0 Å². The van der Waals surface area contributed by atoms with Gasteiger partial charge in [-0.05, 0) is 7.05 Å². The Balaban J connectivity index is 2.35. The van der Waals surface area contributed by atoms with Gasteiger partial charge in [-0.2, -0.15) is 0 Å². The molecule has 0 amide bonds. The van der Waals surface area contributed by atoms with Crippen LogP contribution in [-0.4, -0.2) is 43.0 Å². The lowest BCUT2D eigenvalue weighted by Crippen LogP contribution is -2.24. The van der Waals surface area contributed by atoms with Crippen LogP contribution >= 0.6 is 0 Å². The highest BCUT2D eigenvalue weighted by Gasteiger charge is 2.26. The molecule has 0 aromatic heterocycles. The summed E-state index contributed by atoms with van der Waals surface area (Å²) < 4.78 is 5.05. The number of aliphatic hydroxyl groups is 1. The minimum Gasteiger partial charge on any atom is -0.380 e. The average Bonchev–Trinajstić information content (AvgIpc) is 2.13. The van der Waals surface area contributed by atoms with Crippen LogP contribution < -0.4 is 0 Å². The molecule has 9 heavy (non-hydrogen) atoms. The highest BCUT2D eigenvalue weighted by molar-refractivity contribution is 4.75. The van der Waals surface area contributed by atoms with Gasteiger partial charge in [-0.1, -0.05) is 0 Å². The Morgan fingerprint density at radius 3 is 2.56 bits per heavy atom. The molecule has 0 spiro atoms. The minimum absolute atomic E-state index is 0.227. The van der Waals surface area contributed by atoms with Crippen LogP contribution in [0.3, 0.4) is 0 Å². The van der Waals surface area contributed by atoms with Crippen LogP contribution in [0.1, 0.15) is 6.42 Å². The van der Waals surface area contributed by atoms with Gasteiger partial charge in [0.2, 0.25) is 0 Å². The second-order valence-electron chi connectivity index (χ2n) is 2.51. The van der Waals surface area contributed by atoms with E-state index in [0.717, 1.165) is 13.0 Å². The molecule has 0 aromatic carbocycles. The summed E-state index contributed by atoms with van der Waals surface area (Å²) >= 11 is 0. The van der Waals surface area contributed by atoms with Gasteiger partial charge in [0.1, 0.15) is 6.23 Å². The van der Waals surface area contributed by atoms with E-state index in [2.05, 4.69) is 0 Å². The topological polar surface area (TPSA) is 32.7 Å². The first-order valence-electron chi connectivity index (χ1n) is 3.15. The molecule has 0 saturated carbocycles. The van der Waals surface area contributed by atoms with E-state index in [9.17, 15) is 0 Å². The van der Waals surface area contributed by atoms with Crippen molar-refractivity contribution < 1.29 is 9.84 Å². The molecule has 2 atom stereocenters. The van der Waals surface area contributed by atoms with Gasteiger partial charge in [-0.25, -0.2) is 0 Å². The smallest absolute Gasteiger partial charge is 0.109 e. The zero-order chi connectivity index (χ0) is 6.85. The van der Waals surface area contributed by atoms with Crippen LogP contribution in [0.15, 0.2) is 0 Å². The largest absolute Gasteiger partial charge is 0.380 e. The third kappa shape index (κ3) is 1.41. The molecule has 0 aliphatic carbocycles. The van der Waals surface area contributed by atoms with E-state index in [4.69, 9.17) is 9.84 Å². The van der Waals surface area contributed by atoms with Gasteiger partial charge in [0.25, 0.3) is 0 Å². The van der Waals surface area contributed by atoms with E-state index < -0.39 is 0 Å². The van der Waals surface area contributed by atoms with E-state index in [1.54, 1.807) is 7.11 Å². The van der Waals surface area contributed by atoms with E-state index in [1.165, 1.54) is 0 Å². The summed E-state index contributed by atoms with van der Waals surface area (Å²) in [4.78, 5) is 1.88. The summed E-state index contributed by atoms with van der Waals surface area (Å²) in [5.74, 6) is 0. The van der Waals surface area contributed by atoms with Crippen molar-refractivity contribution in [2.45, 2.75) is 18.8 Å². The number of hydrogen-bond acceptors (Lipinski definition) is 3. The first kappa shape index (κ1) is 6.99. The summed E-state index contributed by atoms with van der Waals surface area (Å²) in [6.07, 6.45) is 0.674. The number of aliphatic hydroxyl groups excluding tert-OH is 1. The molecule has 1 aliphatic heterocycles. The fourth-order valence-corrected chi connectivity index (χ4v) is 1.10. The number of hydrogen-bond donors (Lipinski definition) is 1. The molecule has 0 bridgehead atoms. The standard InChI is InChI=1S/C6H13NO2/c1-7-4-5(9-2)3-6(7)8/h5-6,8H,3-4H2,1-2H3. The van der Waals surface area contributed by atoms with E-state index in [1.807, 2.05) is 11.9 Å². The summed E-state index contributed by atoms with van der Waals surface area (Å²) in [5, 5.41) is 9.15. The van der Waals surface area contributed by atoms with Crippen molar-refractivity contribution in [2.75, 3.05) is 20.7 Å². The summed E-state index contributed by atoms with van der Waals surface area (Å²) in [6, 6.07) is 0. The van der Waals surface area contributed by atoms with Gasteiger partial charge in [-0.15, -0.1) is 0 Å². The number of methoxy groups -OCH3 is 1. The van der Waals surface area contributed by atoms with Gasteiger partial charge in [-0.3, -0.25) is 4.90 Å². The predicted molar refractivity (Wildman–Crippen MR) is 34.1 cm³/mol. The maximum Gasteiger partial charge on any atom is 0.109 e. The highest BCUT2D eigenvalue weighted by Crippen LogP contribution is 2.14. The molecular formula is C6H13NO2. The van der Waals surface area contributed by atoms with Crippen molar-refractivity contribution in [1.29, 1.82) is 0 Å². The Labute approximate surface area is 55.2 Å². The van der Waals surface area contributed by atoms with Crippen LogP contribution in [0.5, 0.6) is 0 Å². The van der Waals surface area contributed by atoms with E-state index >= 15 is 0 Å². The Bertz CT molecular complexity index is 87.1. The van der Waals surface area contributed by atoms with Crippen LogP contribution in [0.2, 0.25) is 0 Å². The zero-order valence-corrected chi connectivity index (χ0v) is 5.87. The van der Waals surface area contributed by atoms with Gasteiger partial charge in [0.15, 0.2) is 0 Å². The fraction of sp³-hybridized carbons (Fsp3) is 1.00. The molecule has 1 heterocycles. The third-order valence-corrected chi connectivity index (χ3v) is 1.81. The van der Waals surface area contributed by atoms with Gasteiger partial charge >= 0.3 is 0 Å². The molecule has 1 saturated heterocycles. The molecule has 1 N–H and O–H groups in total. The first-order chi connectivity index (χ1) is 4.24. The van der Waals surface area contributed by atoms with Gasteiger partial charge < -0.3 is 9.84 Å². The lowest BCUT2D eigenvalue weighted by Gasteiger charge is -2.10.